The Morgan fingerprint density at radius 2 is 2.18 bits per heavy atom. The van der Waals surface area contributed by atoms with E-state index in [0.717, 1.165) is 12.2 Å². The van der Waals surface area contributed by atoms with Crippen LogP contribution in [-0.4, -0.2) is 63.9 Å². The molecular weight excluding hydrogens is 460 g/mol. The van der Waals surface area contributed by atoms with Gasteiger partial charge >= 0.3 is 5.97 Å². The molecular formula is C22H24N6O5S. The van der Waals surface area contributed by atoms with Crippen LogP contribution in [0.2, 0.25) is 0 Å². The van der Waals surface area contributed by atoms with Gasteiger partial charge in [-0.2, -0.15) is 0 Å². The number of primary amides is 1. The molecule has 1 aliphatic rings. The van der Waals surface area contributed by atoms with Crippen LogP contribution in [0.1, 0.15) is 18.6 Å². The molecule has 0 aromatic carbocycles. The van der Waals surface area contributed by atoms with E-state index in [0.29, 0.717) is 47.6 Å². The SMILES string of the molecule is Cc1ccc(-c2nc(NC(=O)CN3CCCC(C(=O)OCC(N)=O)C3)cc(-c3nccs3)n2)o1. The molecule has 178 valence electrons. The number of hydrogen-bond donors (Lipinski definition) is 2. The summed E-state index contributed by atoms with van der Waals surface area (Å²) in [6, 6.07) is 5.25. The molecule has 3 aromatic rings. The maximum atomic E-state index is 12.8. The van der Waals surface area contributed by atoms with E-state index in [-0.39, 0.29) is 12.5 Å². The molecule has 0 aliphatic carbocycles. The first-order valence-electron chi connectivity index (χ1n) is 10.7. The van der Waals surface area contributed by atoms with E-state index >= 15 is 0 Å². The lowest BCUT2D eigenvalue weighted by Gasteiger charge is -2.30. The Labute approximate surface area is 199 Å². The third kappa shape index (κ3) is 6.02. The number of carbonyl (C=O) groups is 3. The molecule has 2 amide bonds. The molecule has 0 saturated carbocycles. The van der Waals surface area contributed by atoms with Crippen LogP contribution in [0.15, 0.2) is 34.2 Å². The van der Waals surface area contributed by atoms with Crippen LogP contribution in [0.3, 0.4) is 0 Å². The Morgan fingerprint density at radius 3 is 2.88 bits per heavy atom. The molecule has 3 N–H and O–H groups in total. The fourth-order valence-corrected chi connectivity index (χ4v) is 4.27. The quantitative estimate of drug-likeness (QED) is 0.456. The van der Waals surface area contributed by atoms with Crippen molar-refractivity contribution in [2.24, 2.45) is 11.7 Å². The van der Waals surface area contributed by atoms with Crippen molar-refractivity contribution in [3.05, 3.63) is 35.5 Å². The van der Waals surface area contributed by atoms with E-state index in [1.165, 1.54) is 11.3 Å². The zero-order valence-corrected chi connectivity index (χ0v) is 19.3. The molecule has 0 bridgehead atoms. The minimum absolute atomic E-state index is 0.0748. The number of aromatic nitrogens is 3. The molecule has 1 fully saturated rings. The van der Waals surface area contributed by atoms with Gasteiger partial charge in [-0.3, -0.25) is 19.3 Å². The van der Waals surface area contributed by atoms with Crippen LogP contribution in [0, 0.1) is 12.8 Å². The van der Waals surface area contributed by atoms with E-state index in [9.17, 15) is 14.4 Å². The molecule has 1 unspecified atom stereocenters. The van der Waals surface area contributed by atoms with Crippen molar-refractivity contribution in [3.8, 4) is 22.3 Å². The summed E-state index contributed by atoms with van der Waals surface area (Å²) in [7, 11) is 0. The average Bonchev–Trinajstić information content (AvgIpc) is 3.49. The normalized spacial score (nSPS) is 16.2. The number of piperidine rings is 1. The third-order valence-electron chi connectivity index (χ3n) is 5.17. The summed E-state index contributed by atoms with van der Waals surface area (Å²) in [5, 5.41) is 5.35. The zero-order chi connectivity index (χ0) is 24.1. The van der Waals surface area contributed by atoms with Crippen molar-refractivity contribution >= 4 is 34.9 Å². The summed E-state index contributed by atoms with van der Waals surface area (Å²) < 4.78 is 10.6. The Bertz CT molecular complexity index is 1180. The maximum Gasteiger partial charge on any atom is 0.310 e. The van der Waals surface area contributed by atoms with Gasteiger partial charge in [0.15, 0.2) is 18.2 Å². The number of carbonyl (C=O) groups excluding carboxylic acids is 3. The lowest BCUT2D eigenvalue weighted by Crippen LogP contribution is -2.43. The second kappa shape index (κ2) is 10.5. The number of anilines is 1. The fraction of sp³-hybridized carbons (Fsp3) is 0.364. The predicted molar refractivity (Wildman–Crippen MR) is 124 cm³/mol. The summed E-state index contributed by atoms with van der Waals surface area (Å²) in [4.78, 5) is 51.0. The van der Waals surface area contributed by atoms with Gasteiger partial charge in [-0.25, -0.2) is 15.0 Å². The zero-order valence-electron chi connectivity index (χ0n) is 18.5. The van der Waals surface area contributed by atoms with Crippen LogP contribution < -0.4 is 11.1 Å². The fourth-order valence-electron chi connectivity index (χ4n) is 3.67. The molecule has 1 saturated heterocycles. The summed E-state index contributed by atoms with van der Waals surface area (Å²) in [5.41, 5.74) is 5.60. The maximum absolute atomic E-state index is 12.8. The molecule has 4 rings (SSSR count). The van der Waals surface area contributed by atoms with Crippen molar-refractivity contribution in [1.82, 2.24) is 19.9 Å². The van der Waals surface area contributed by atoms with Crippen LogP contribution in [0.25, 0.3) is 22.3 Å². The van der Waals surface area contributed by atoms with Crippen LogP contribution in [-0.2, 0) is 19.1 Å². The highest BCUT2D eigenvalue weighted by Crippen LogP contribution is 2.27. The number of furan rings is 1. The number of nitrogens with two attached hydrogens (primary N) is 1. The van der Waals surface area contributed by atoms with E-state index in [2.05, 4.69) is 20.3 Å². The van der Waals surface area contributed by atoms with Gasteiger partial charge in [-0.1, -0.05) is 0 Å². The number of nitrogens with one attached hydrogen (secondary N) is 1. The number of likely N-dealkylation sites (tertiary alicyclic amines) is 1. The monoisotopic (exact) mass is 484 g/mol. The van der Waals surface area contributed by atoms with Gasteiger partial charge in [0.1, 0.15) is 22.3 Å². The van der Waals surface area contributed by atoms with E-state index in [4.69, 9.17) is 14.9 Å². The molecule has 34 heavy (non-hydrogen) atoms. The number of nitrogens with zero attached hydrogens (tertiary/aromatic N) is 4. The van der Waals surface area contributed by atoms with Crippen LogP contribution >= 0.6 is 11.3 Å². The first-order chi connectivity index (χ1) is 16.4. The molecule has 0 spiro atoms. The Hall–Kier alpha value is -3.64. The highest BCUT2D eigenvalue weighted by atomic mass is 32.1. The van der Waals surface area contributed by atoms with Gasteiger partial charge < -0.3 is 20.2 Å². The first kappa shape index (κ1) is 23.5. The first-order valence-corrected chi connectivity index (χ1v) is 11.6. The van der Waals surface area contributed by atoms with E-state index < -0.39 is 24.4 Å². The number of esters is 1. The number of hydrogen-bond acceptors (Lipinski definition) is 10. The standard InChI is InChI=1S/C22H24N6O5S/c1-13-4-5-16(33-13)20-25-15(21-24-6-8-34-21)9-18(27-20)26-19(30)11-28-7-2-3-14(10-28)22(31)32-12-17(23)29/h4-6,8-9,14H,2-3,7,10-12H2,1H3,(H2,23,29)(H,25,26,27,30). The molecule has 4 heterocycles. The number of ether oxygens (including phenoxy) is 1. The predicted octanol–water partition coefficient (Wildman–Crippen LogP) is 1.85. The number of aryl methyl sites for hydroxylation is 1. The molecule has 12 heteroatoms. The summed E-state index contributed by atoms with van der Waals surface area (Å²) in [6.07, 6.45) is 3.04. The van der Waals surface area contributed by atoms with Gasteiger partial charge in [-0.05, 0) is 38.4 Å². The van der Waals surface area contributed by atoms with Crippen molar-refractivity contribution < 1.29 is 23.5 Å². The summed E-state index contributed by atoms with van der Waals surface area (Å²) in [5.74, 6) is -0.00741. The highest BCUT2D eigenvalue weighted by molar-refractivity contribution is 7.13. The third-order valence-corrected chi connectivity index (χ3v) is 5.96. The minimum Gasteiger partial charge on any atom is -0.458 e. The minimum atomic E-state index is -0.702. The smallest absolute Gasteiger partial charge is 0.310 e. The number of thiazole rings is 1. The Morgan fingerprint density at radius 1 is 1.32 bits per heavy atom. The van der Waals surface area contributed by atoms with E-state index in [1.54, 1.807) is 18.3 Å². The van der Waals surface area contributed by atoms with E-state index in [1.807, 2.05) is 23.3 Å². The lowest BCUT2D eigenvalue weighted by molar-refractivity contribution is -0.153. The highest BCUT2D eigenvalue weighted by Gasteiger charge is 2.28. The topological polar surface area (TPSA) is 154 Å². The average molecular weight is 485 g/mol. The van der Waals surface area contributed by atoms with Crippen molar-refractivity contribution in [2.75, 3.05) is 31.6 Å². The molecule has 3 aromatic heterocycles. The largest absolute Gasteiger partial charge is 0.458 e. The van der Waals surface area contributed by atoms with Gasteiger partial charge in [0.05, 0.1) is 12.5 Å². The second-order valence-electron chi connectivity index (χ2n) is 7.91. The van der Waals surface area contributed by atoms with Gasteiger partial charge in [0.2, 0.25) is 5.91 Å². The summed E-state index contributed by atoms with van der Waals surface area (Å²) >= 11 is 1.42. The number of rotatable bonds is 8. The second-order valence-corrected chi connectivity index (χ2v) is 8.80. The molecule has 0 radical (unpaired) electrons. The van der Waals surface area contributed by atoms with Gasteiger partial charge in [0, 0.05) is 24.2 Å². The van der Waals surface area contributed by atoms with Crippen LogP contribution in [0.4, 0.5) is 5.82 Å². The van der Waals surface area contributed by atoms with Gasteiger partial charge in [-0.15, -0.1) is 11.3 Å². The molecule has 11 nitrogen and oxygen atoms in total. The van der Waals surface area contributed by atoms with Crippen molar-refractivity contribution in [3.63, 3.8) is 0 Å². The Kier molecular flexibility index (Phi) is 7.28. The van der Waals surface area contributed by atoms with Gasteiger partial charge in [0.25, 0.3) is 5.91 Å². The Balaban J connectivity index is 1.44. The van der Waals surface area contributed by atoms with Crippen molar-refractivity contribution in [1.29, 1.82) is 0 Å². The molecule has 1 atom stereocenters. The van der Waals surface area contributed by atoms with Crippen molar-refractivity contribution in [2.45, 2.75) is 19.8 Å². The molecule has 1 aliphatic heterocycles. The number of amides is 2. The van der Waals surface area contributed by atoms with Crippen LogP contribution in [0.5, 0.6) is 0 Å². The summed E-state index contributed by atoms with van der Waals surface area (Å²) in [6.45, 7) is 2.48. The lowest BCUT2D eigenvalue weighted by atomic mass is 9.98.